The van der Waals surface area contributed by atoms with Crippen LogP contribution in [0.5, 0.6) is 5.75 Å². The van der Waals surface area contributed by atoms with Gasteiger partial charge in [0.1, 0.15) is 10.8 Å². The Morgan fingerprint density at radius 3 is 2.84 bits per heavy atom. The third-order valence-corrected chi connectivity index (χ3v) is 6.67. The van der Waals surface area contributed by atoms with Crippen molar-refractivity contribution in [2.75, 3.05) is 19.4 Å². The summed E-state index contributed by atoms with van der Waals surface area (Å²) < 4.78 is 7.45. The summed E-state index contributed by atoms with van der Waals surface area (Å²) in [5.74, 6) is 1.31. The number of benzene rings is 1. The Morgan fingerprint density at radius 1 is 1.19 bits per heavy atom. The number of aromatic nitrogens is 2. The number of pyridine rings is 1. The number of amides is 1. The van der Waals surface area contributed by atoms with Gasteiger partial charge in [0.15, 0.2) is 0 Å². The number of carbonyl (C=O) groups is 1. The van der Waals surface area contributed by atoms with Crippen molar-refractivity contribution in [2.24, 2.45) is 0 Å². The van der Waals surface area contributed by atoms with Crippen molar-refractivity contribution in [1.82, 2.24) is 14.9 Å². The molecule has 0 radical (unpaired) electrons. The molecule has 0 bridgehead atoms. The largest absolute Gasteiger partial charge is 0.497 e. The number of fused-ring (bicyclic) bond motifs is 1. The fourth-order valence-electron chi connectivity index (χ4n) is 3.96. The van der Waals surface area contributed by atoms with E-state index in [0.29, 0.717) is 5.75 Å². The van der Waals surface area contributed by atoms with Crippen LogP contribution in [0, 0.1) is 0 Å². The Bertz CT molecular complexity index is 1060. The lowest BCUT2D eigenvalue weighted by Crippen LogP contribution is -2.26. The van der Waals surface area contributed by atoms with E-state index in [1.807, 2.05) is 24.4 Å². The van der Waals surface area contributed by atoms with Crippen LogP contribution in [0.3, 0.4) is 0 Å². The molecule has 162 valence electrons. The Morgan fingerprint density at radius 2 is 2.06 bits per heavy atom. The maximum Gasteiger partial charge on any atom is 0.230 e. The van der Waals surface area contributed by atoms with Crippen LogP contribution < -0.4 is 10.1 Å². The predicted molar refractivity (Wildman–Crippen MR) is 127 cm³/mol. The van der Waals surface area contributed by atoms with Crippen LogP contribution in [0.4, 0.5) is 0 Å². The van der Waals surface area contributed by atoms with Crippen LogP contribution in [0.2, 0.25) is 0 Å². The fourth-order valence-corrected chi connectivity index (χ4v) is 4.79. The van der Waals surface area contributed by atoms with E-state index in [1.165, 1.54) is 48.6 Å². The number of hydrogen-bond acceptors (Lipinski definition) is 4. The minimum absolute atomic E-state index is 0.0675. The molecule has 4 rings (SSSR count). The summed E-state index contributed by atoms with van der Waals surface area (Å²) in [6.07, 6.45) is 12.2. The molecule has 0 saturated carbocycles. The Kier molecular flexibility index (Phi) is 7.30. The smallest absolute Gasteiger partial charge is 0.230 e. The summed E-state index contributed by atoms with van der Waals surface area (Å²) in [7, 11) is 1.68. The SMILES string of the molecule is COc1ccc(Cn2ccc3c(SCC(=O)NCCC4=CCCCC4)nccc32)cc1. The van der Waals surface area contributed by atoms with E-state index in [1.54, 1.807) is 7.11 Å². The molecule has 0 atom stereocenters. The lowest BCUT2D eigenvalue weighted by molar-refractivity contribution is -0.118. The molecule has 1 amide bonds. The second-order valence-electron chi connectivity index (χ2n) is 7.84. The first kappa shape index (κ1) is 21.5. The molecule has 1 N–H and O–H groups in total. The molecule has 2 heterocycles. The minimum atomic E-state index is 0.0675. The van der Waals surface area contributed by atoms with Gasteiger partial charge in [0, 0.05) is 30.9 Å². The van der Waals surface area contributed by atoms with E-state index in [0.717, 1.165) is 41.2 Å². The van der Waals surface area contributed by atoms with Gasteiger partial charge in [-0.15, -0.1) is 0 Å². The third kappa shape index (κ3) is 5.70. The van der Waals surface area contributed by atoms with E-state index in [2.05, 4.69) is 45.3 Å². The van der Waals surface area contributed by atoms with Crippen molar-refractivity contribution in [3.63, 3.8) is 0 Å². The van der Waals surface area contributed by atoms with Crippen molar-refractivity contribution in [1.29, 1.82) is 0 Å². The standard InChI is InChI=1S/C25H29N3O2S/c1-30-21-9-7-20(8-10-21)17-28-16-13-22-23(28)12-15-27-25(22)31-18-24(29)26-14-11-19-5-3-2-4-6-19/h5,7-10,12-13,15-16H,2-4,6,11,14,17-18H2,1H3,(H,26,29). The number of rotatable bonds is 9. The van der Waals surface area contributed by atoms with Crippen LogP contribution in [0.1, 0.15) is 37.7 Å². The summed E-state index contributed by atoms with van der Waals surface area (Å²) in [4.78, 5) is 16.8. The molecule has 0 fully saturated rings. The normalized spacial score (nSPS) is 13.8. The van der Waals surface area contributed by atoms with Gasteiger partial charge in [-0.3, -0.25) is 4.79 Å². The van der Waals surface area contributed by atoms with Crippen molar-refractivity contribution >= 4 is 28.6 Å². The molecule has 0 spiro atoms. The Labute approximate surface area is 187 Å². The number of nitrogens with zero attached hydrogens (tertiary/aromatic N) is 2. The highest BCUT2D eigenvalue weighted by molar-refractivity contribution is 8.00. The number of thioether (sulfide) groups is 1. The van der Waals surface area contributed by atoms with E-state index in [9.17, 15) is 4.79 Å². The fraction of sp³-hybridized carbons (Fsp3) is 0.360. The van der Waals surface area contributed by atoms with E-state index in [-0.39, 0.29) is 5.91 Å². The first-order chi connectivity index (χ1) is 15.2. The van der Waals surface area contributed by atoms with Crippen LogP contribution >= 0.6 is 11.8 Å². The summed E-state index contributed by atoms with van der Waals surface area (Å²) in [5, 5.41) is 5.04. The maximum absolute atomic E-state index is 12.3. The lowest BCUT2D eigenvalue weighted by atomic mass is 9.97. The van der Waals surface area contributed by atoms with Crippen LogP contribution in [0.25, 0.3) is 10.9 Å². The summed E-state index contributed by atoms with van der Waals surface area (Å²) in [6, 6.07) is 12.2. The van der Waals surface area contributed by atoms with Crippen molar-refractivity contribution in [2.45, 2.75) is 43.7 Å². The van der Waals surface area contributed by atoms with Gasteiger partial charge in [-0.2, -0.15) is 0 Å². The van der Waals surface area contributed by atoms with Gasteiger partial charge in [-0.05, 0) is 61.9 Å². The molecular weight excluding hydrogens is 406 g/mol. The molecule has 3 aromatic rings. The summed E-state index contributed by atoms with van der Waals surface area (Å²) in [5.41, 5.74) is 3.82. The first-order valence-corrected chi connectivity index (χ1v) is 11.9. The van der Waals surface area contributed by atoms with Crippen LogP contribution in [-0.4, -0.2) is 34.9 Å². The van der Waals surface area contributed by atoms with Crippen LogP contribution in [0.15, 0.2) is 65.5 Å². The predicted octanol–water partition coefficient (Wildman–Crippen LogP) is 5.19. The molecule has 1 aromatic carbocycles. The highest BCUT2D eigenvalue weighted by Crippen LogP contribution is 2.27. The molecule has 2 aromatic heterocycles. The Balaban J connectivity index is 1.33. The topological polar surface area (TPSA) is 56.1 Å². The molecule has 5 nitrogen and oxygen atoms in total. The zero-order valence-electron chi connectivity index (χ0n) is 18.0. The third-order valence-electron chi connectivity index (χ3n) is 5.67. The number of hydrogen-bond donors (Lipinski definition) is 1. The van der Waals surface area contributed by atoms with E-state index >= 15 is 0 Å². The first-order valence-electron chi connectivity index (χ1n) is 10.9. The van der Waals surface area contributed by atoms with Gasteiger partial charge in [0.2, 0.25) is 5.91 Å². The molecule has 0 unspecified atom stereocenters. The monoisotopic (exact) mass is 435 g/mol. The van der Waals surface area contributed by atoms with Crippen LogP contribution in [-0.2, 0) is 11.3 Å². The molecule has 0 saturated heterocycles. The highest BCUT2D eigenvalue weighted by Gasteiger charge is 2.11. The van der Waals surface area contributed by atoms with E-state index < -0.39 is 0 Å². The molecule has 6 heteroatoms. The van der Waals surface area contributed by atoms with Gasteiger partial charge in [0.25, 0.3) is 0 Å². The number of nitrogens with one attached hydrogen (secondary N) is 1. The Hall–Kier alpha value is -2.73. The molecular formula is C25H29N3O2S. The molecule has 1 aliphatic rings. The van der Waals surface area contributed by atoms with Gasteiger partial charge < -0.3 is 14.6 Å². The second-order valence-corrected chi connectivity index (χ2v) is 8.80. The average molecular weight is 436 g/mol. The summed E-state index contributed by atoms with van der Waals surface area (Å²) in [6.45, 7) is 1.50. The average Bonchev–Trinajstić information content (AvgIpc) is 3.22. The highest BCUT2D eigenvalue weighted by atomic mass is 32.2. The van der Waals surface area contributed by atoms with E-state index in [4.69, 9.17) is 4.74 Å². The molecule has 31 heavy (non-hydrogen) atoms. The summed E-state index contributed by atoms with van der Waals surface area (Å²) >= 11 is 1.50. The molecule has 0 aliphatic heterocycles. The van der Waals surface area contributed by atoms with Crippen molar-refractivity contribution < 1.29 is 9.53 Å². The number of ether oxygens (including phenoxy) is 1. The van der Waals surface area contributed by atoms with Crippen molar-refractivity contribution in [3.05, 3.63) is 66.0 Å². The van der Waals surface area contributed by atoms with Gasteiger partial charge in [0.05, 0.1) is 18.4 Å². The quantitative estimate of drug-likeness (QED) is 0.371. The zero-order chi connectivity index (χ0) is 21.5. The minimum Gasteiger partial charge on any atom is -0.497 e. The number of allylic oxidation sites excluding steroid dienone is 1. The van der Waals surface area contributed by atoms with Gasteiger partial charge in [-0.1, -0.05) is 35.5 Å². The second kappa shape index (κ2) is 10.5. The van der Waals surface area contributed by atoms with Crippen molar-refractivity contribution in [3.8, 4) is 5.75 Å². The van der Waals surface area contributed by atoms with Gasteiger partial charge >= 0.3 is 0 Å². The number of methoxy groups -OCH3 is 1. The zero-order valence-corrected chi connectivity index (χ0v) is 18.8. The molecule has 1 aliphatic carbocycles. The van der Waals surface area contributed by atoms with Gasteiger partial charge in [-0.25, -0.2) is 4.98 Å². The number of carbonyl (C=O) groups excluding carboxylic acids is 1. The maximum atomic E-state index is 12.3. The lowest BCUT2D eigenvalue weighted by Gasteiger charge is -2.13.